The van der Waals surface area contributed by atoms with Crippen molar-refractivity contribution < 1.29 is 14.4 Å². The zero-order chi connectivity index (χ0) is 22.4. The Morgan fingerprint density at radius 3 is 2.35 bits per heavy atom. The number of carbonyl (C=O) groups excluding carboxylic acids is 3. The highest BCUT2D eigenvalue weighted by Crippen LogP contribution is 2.24. The molecule has 1 saturated heterocycles. The second kappa shape index (κ2) is 10.6. The molecule has 1 aromatic heterocycles. The van der Waals surface area contributed by atoms with Crippen LogP contribution in [0.2, 0.25) is 0 Å². The van der Waals surface area contributed by atoms with Gasteiger partial charge < -0.3 is 15.5 Å². The third-order valence-corrected chi connectivity index (χ3v) is 6.77. The van der Waals surface area contributed by atoms with E-state index in [1.165, 1.54) is 11.3 Å². The predicted molar refractivity (Wildman–Crippen MR) is 123 cm³/mol. The number of rotatable bonds is 7. The maximum Gasteiger partial charge on any atom is 0.263 e. The van der Waals surface area contributed by atoms with Gasteiger partial charge in [-0.2, -0.15) is 0 Å². The summed E-state index contributed by atoms with van der Waals surface area (Å²) in [7, 11) is 0. The van der Waals surface area contributed by atoms with Crippen LogP contribution in [0.15, 0.2) is 41.8 Å². The highest BCUT2D eigenvalue weighted by molar-refractivity contribution is 7.12. The minimum absolute atomic E-state index is 0.0224. The number of likely N-dealkylation sites (tertiary alicyclic amines) is 1. The van der Waals surface area contributed by atoms with E-state index in [0.29, 0.717) is 31.5 Å². The lowest BCUT2D eigenvalue weighted by molar-refractivity contribution is -0.125. The van der Waals surface area contributed by atoms with E-state index < -0.39 is 6.04 Å². The molecule has 1 aromatic carbocycles. The normalized spacial score (nSPS) is 16.4. The molecule has 2 heterocycles. The number of benzene rings is 1. The van der Waals surface area contributed by atoms with E-state index in [4.69, 9.17) is 0 Å². The van der Waals surface area contributed by atoms with Crippen molar-refractivity contribution in [2.45, 2.75) is 52.1 Å². The average molecular weight is 442 g/mol. The summed E-state index contributed by atoms with van der Waals surface area (Å²) >= 11 is 1.44. The van der Waals surface area contributed by atoms with E-state index in [0.717, 1.165) is 16.9 Å². The van der Waals surface area contributed by atoms with Crippen LogP contribution in [-0.2, 0) is 4.79 Å². The van der Waals surface area contributed by atoms with Crippen LogP contribution in [-0.4, -0.2) is 47.8 Å². The number of amides is 3. The Morgan fingerprint density at radius 2 is 1.77 bits per heavy atom. The summed E-state index contributed by atoms with van der Waals surface area (Å²) in [6.07, 6.45) is 2.16. The fourth-order valence-electron chi connectivity index (χ4n) is 3.75. The first-order chi connectivity index (χ1) is 14.9. The topological polar surface area (TPSA) is 78.5 Å². The van der Waals surface area contributed by atoms with Crippen LogP contribution in [0.5, 0.6) is 0 Å². The Bertz CT molecular complexity index is 887. The van der Waals surface area contributed by atoms with Crippen LogP contribution in [0.1, 0.15) is 58.7 Å². The SMILES string of the molecule is CC[C@@H](C)NC(=O)[C@H](NC(=O)c1ccc(C)cc1)C1CCN(C(=O)c2cccs2)CC1. The fourth-order valence-corrected chi connectivity index (χ4v) is 4.44. The molecule has 1 fully saturated rings. The van der Waals surface area contributed by atoms with Gasteiger partial charge in [-0.3, -0.25) is 14.4 Å². The summed E-state index contributed by atoms with van der Waals surface area (Å²) in [5.74, 6) is -0.386. The summed E-state index contributed by atoms with van der Waals surface area (Å²) in [4.78, 5) is 41.1. The monoisotopic (exact) mass is 441 g/mol. The molecule has 1 aliphatic heterocycles. The van der Waals surface area contributed by atoms with Gasteiger partial charge in [0, 0.05) is 24.7 Å². The van der Waals surface area contributed by atoms with Crippen LogP contribution < -0.4 is 10.6 Å². The van der Waals surface area contributed by atoms with Crippen molar-refractivity contribution in [3.05, 3.63) is 57.8 Å². The van der Waals surface area contributed by atoms with Crippen LogP contribution in [0.25, 0.3) is 0 Å². The molecular formula is C24H31N3O3S. The van der Waals surface area contributed by atoms with Crippen molar-refractivity contribution >= 4 is 29.1 Å². The fraction of sp³-hybridized carbons (Fsp3) is 0.458. The summed E-state index contributed by atoms with van der Waals surface area (Å²) < 4.78 is 0. The van der Waals surface area contributed by atoms with E-state index in [1.54, 1.807) is 12.1 Å². The second-order valence-electron chi connectivity index (χ2n) is 8.24. The molecule has 0 aliphatic carbocycles. The number of carbonyl (C=O) groups is 3. The zero-order valence-corrected chi connectivity index (χ0v) is 19.2. The molecule has 2 atom stereocenters. The van der Waals surface area contributed by atoms with Gasteiger partial charge in [-0.1, -0.05) is 30.7 Å². The maximum absolute atomic E-state index is 13.0. The molecule has 0 radical (unpaired) electrons. The molecule has 0 unspecified atom stereocenters. The lowest BCUT2D eigenvalue weighted by Gasteiger charge is -2.36. The van der Waals surface area contributed by atoms with Gasteiger partial charge in [-0.25, -0.2) is 0 Å². The third-order valence-electron chi connectivity index (χ3n) is 5.91. The van der Waals surface area contributed by atoms with Gasteiger partial charge in [0.05, 0.1) is 4.88 Å². The standard InChI is InChI=1S/C24H31N3O3S/c1-4-17(3)25-23(29)21(26-22(28)19-9-7-16(2)8-10-19)18-11-13-27(14-12-18)24(30)20-6-5-15-31-20/h5-10,15,17-18,21H,4,11-14H2,1-3H3,(H,25,29)(H,26,28)/t17-,21-/m1/s1. The minimum Gasteiger partial charge on any atom is -0.352 e. The average Bonchev–Trinajstić information content (AvgIpc) is 3.32. The largest absolute Gasteiger partial charge is 0.352 e. The summed E-state index contributed by atoms with van der Waals surface area (Å²) in [5.41, 5.74) is 1.61. The molecule has 166 valence electrons. The van der Waals surface area contributed by atoms with Crippen molar-refractivity contribution in [1.82, 2.24) is 15.5 Å². The Morgan fingerprint density at radius 1 is 1.10 bits per heavy atom. The lowest BCUT2D eigenvalue weighted by Crippen LogP contribution is -2.55. The van der Waals surface area contributed by atoms with Crippen molar-refractivity contribution in [1.29, 1.82) is 0 Å². The highest BCUT2D eigenvalue weighted by atomic mass is 32.1. The number of aryl methyl sites for hydroxylation is 1. The molecule has 3 amide bonds. The van der Waals surface area contributed by atoms with Crippen LogP contribution in [0.4, 0.5) is 0 Å². The first kappa shape index (κ1) is 23.0. The van der Waals surface area contributed by atoms with Crippen LogP contribution >= 0.6 is 11.3 Å². The van der Waals surface area contributed by atoms with Gasteiger partial charge in [0.2, 0.25) is 5.91 Å². The van der Waals surface area contributed by atoms with E-state index in [9.17, 15) is 14.4 Å². The van der Waals surface area contributed by atoms with E-state index >= 15 is 0 Å². The first-order valence-electron chi connectivity index (χ1n) is 10.9. The highest BCUT2D eigenvalue weighted by Gasteiger charge is 2.34. The van der Waals surface area contributed by atoms with Crippen molar-refractivity contribution in [3.8, 4) is 0 Å². The molecule has 7 heteroatoms. The van der Waals surface area contributed by atoms with Gasteiger partial charge >= 0.3 is 0 Å². The number of piperidine rings is 1. The van der Waals surface area contributed by atoms with Gasteiger partial charge in [0.25, 0.3) is 11.8 Å². The molecule has 0 spiro atoms. The van der Waals surface area contributed by atoms with Gasteiger partial charge in [0.15, 0.2) is 0 Å². The second-order valence-corrected chi connectivity index (χ2v) is 9.19. The Kier molecular flexibility index (Phi) is 7.85. The number of nitrogens with one attached hydrogen (secondary N) is 2. The van der Waals surface area contributed by atoms with Crippen molar-refractivity contribution in [2.24, 2.45) is 5.92 Å². The smallest absolute Gasteiger partial charge is 0.263 e. The molecular weight excluding hydrogens is 410 g/mol. The van der Waals surface area contributed by atoms with Crippen molar-refractivity contribution in [3.63, 3.8) is 0 Å². The molecule has 0 saturated carbocycles. The molecule has 6 nitrogen and oxygen atoms in total. The predicted octanol–water partition coefficient (Wildman–Crippen LogP) is 3.62. The molecule has 0 bridgehead atoms. The van der Waals surface area contributed by atoms with Crippen molar-refractivity contribution in [2.75, 3.05) is 13.1 Å². The maximum atomic E-state index is 13.0. The van der Waals surface area contributed by atoms with E-state index in [-0.39, 0.29) is 29.7 Å². The minimum atomic E-state index is -0.623. The summed E-state index contributed by atoms with van der Waals surface area (Å²) in [5, 5.41) is 7.89. The molecule has 3 rings (SSSR count). The quantitative estimate of drug-likeness (QED) is 0.689. The summed E-state index contributed by atoms with van der Waals surface area (Å²) in [6.45, 7) is 7.09. The first-order valence-corrected chi connectivity index (χ1v) is 11.8. The Balaban J connectivity index is 1.69. The van der Waals surface area contributed by atoms with Crippen LogP contribution in [0.3, 0.4) is 0 Å². The third kappa shape index (κ3) is 5.94. The number of hydrogen-bond donors (Lipinski definition) is 2. The molecule has 2 N–H and O–H groups in total. The molecule has 2 aromatic rings. The van der Waals surface area contributed by atoms with Crippen LogP contribution in [0, 0.1) is 12.8 Å². The van der Waals surface area contributed by atoms with Gasteiger partial charge in [-0.05, 0) is 62.6 Å². The molecule has 1 aliphatic rings. The Labute approximate surface area is 188 Å². The summed E-state index contributed by atoms with van der Waals surface area (Å²) in [6, 6.07) is 10.4. The number of hydrogen-bond acceptors (Lipinski definition) is 4. The van der Waals surface area contributed by atoms with E-state index in [2.05, 4.69) is 10.6 Å². The Hall–Kier alpha value is -2.67. The van der Waals surface area contributed by atoms with Gasteiger partial charge in [-0.15, -0.1) is 11.3 Å². The number of nitrogens with zero attached hydrogens (tertiary/aromatic N) is 1. The van der Waals surface area contributed by atoms with E-state index in [1.807, 2.05) is 55.3 Å². The van der Waals surface area contributed by atoms with Gasteiger partial charge in [0.1, 0.15) is 6.04 Å². The number of thiophene rings is 1. The lowest BCUT2D eigenvalue weighted by atomic mass is 9.88. The zero-order valence-electron chi connectivity index (χ0n) is 18.4. The molecule has 31 heavy (non-hydrogen) atoms.